The molecule has 0 fully saturated rings. The molecule has 0 aliphatic carbocycles. The van der Waals surface area contributed by atoms with Crippen molar-refractivity contribution in [1.29, 1.82) is 0 Å². The fourth-order valence-corrected chi connectivity index (χ4v) is 3.62. The predicted molar refractivity (Wildman–Crippen MR) is 134 cm³/mol. The molecule has 2 N–H and O–H groups in total. The summed E-state index contributed by atoms with van der Waals surface area (Å²) in [6.45, 7) is 4.65. The molecule has 0 heterocycles. The molecule has 0 aliphatic rings. The molecule has 0 spiro atoms. The van der Waals surface area contributed by atoms with Crippen molar-refractivity contribution in [2.24, 2.45) is 0 Å². The van der Waals surface area contributed by atoms with Crippen molar-refractivity contribution in [3.63, 3.8) is 0 Å². The molecule has 1 rings (SSSR count). The average molecular weight is 482 g/mol. The van der Waals surface area contributed by atoms with E-state index in [2.05, 4.69) is 12.2 Å². The Kier molecular flexibility index (Phi) is 15.9. The number of hydrogen-bond donors (Lipinski definition) is 2. The number of carboxylic acid groups (broad SMARTS) is 1. The second-order valence-electron chi connectivity index (χ2n) is 8.12. The van der Waals surface area contributed by atoms with Crippen molar-refractivity contribution in [2.45, 2.75) is 90.9 Å². The molecule has 1 aromatic rings. The zero-order valence-corrected chi connectivity index (χ0v) is 20.9. The number of unbranched alkanes of at least 4 members (excludes halogenated alkanes) is 11. The number of rotatable bonds is 19. The van der Waals surface area contributed by atoms with Crippen LogP contribution in [0.15, 0.2) is 30.2 Å². The van der Waals surface area contributed by atoms with Crippen LogP contribution in [0.3, 0.4) is 0 Å². The van der Waals surface area contributed by atoms with E-state index in [0.29, 0.717) is 22.9 Å². The molecule has 0 bridgehead atoms. The molecule has 33 heavy (non-hydrogen) atoms. The number of anilines is 1. The zero-order valence-electron chi connectivity index (χ0n) is 20.2. The lowest BCUT2D eigenvalue weighted by molar-refractivity contribution is -0.131. The molecular weight excluding hydrogens is 442 g/mol. The molecule has 0 amide bonds. The maximum Gasteiger partial charge on any atom is 0.338 e. The van der Waals surface area contributed by atoms with Crippen LogP contribution in [-0.4, -0.2) is 30.3 Å². The summed E-state index contributed by atoms with van der Waals surface area (Å²) in [7, 11) is 0. The molecular formula is C26H40ClNO5. The highest BCUT2D eigenvalue weighted by Gasteiger charge is 2.12. The van der Waals surface area contributed by atoms with Crippen LogP contribution >= 0.6 is 11.6 Å². The van der Waals surface area contributed by atoms with E-state index < -0.39 is 11.9 Å². The van der Waals surface area contributed by atoms with Gasteiger partial charge in [-0.2, -0.15) is 0 Å². The summed E-state index contributed by atoms with van der Waals surface area (Å²) in [5, 5.41) is 12.1. The van der Waals surface area contributed by atoms with E-state index in [1.165, 1.54) is 70.3 Å². The minimum atomic E-state index is -1.15. The topological polar surface area (TPSA) is 84.9 Å². The third kappa shape index (κ3) is 13.8. The number of halogens is 1. The quantitative estimate of drug-likeness (QED) is 0.0916. The Morgan fingerprint density at radius 1 is 0.909 bits per heavy atom. The molecule has 0 saturated carbocycles. The van der Waals surface area contributed by atoms with Crippen molar-refractivity contribution >= 4 is 29.2 Å². The lowest BCUT2D eigenvalue weighted by Crippen LogP contribution is -2.10. The van der Waals surface area contributed by atoms with Gasteiger partial charge in [-0.25, -0.2) is 9.59 Å². The van der Waals surface area contributed by atoms with Gasteiger partial charge in [-0.1, -0.05) is 89.2 Å². The van der Waals surface area contributed by atoms with Crippen molar-refractivity contribution in [3.8, 4) is 0 Å². The number of carbonyl (C=O) groups is 2. The lowest BCUT2D eigenvalue weighted by atomic mass is 10.1. The van der Waals surface area contributed by atoms with Gasteiger partial charge in [0.05, 0.1) is 35.6 Å². The summed E-state index contributed by atoms with van der Waals surface area (Å²) in [6.07, 6.45) is 15.9. The second-order valence-corrected chi connectivity index (χ2v) is 8.53. The molecule has 6 nitrogen and oxygen atoms in total. The third-order valence-electron chi connectivity index (χ3n) is 5.25. The van der Waals surface area contributed by atoms with Crippen LogP contribution in [0.1, 0.15) is 101 Å². The van der Waals surface area contributed by atoms with E-state index in [1.54, 1.807) is 19.1 Å². The normalized spacial score (nSPS) is 11.3. The number of aliphatic carboxylic acids is 1. The fraction of sp³-hybridized carbons (Fsp3) is 0.615. The van der Waals surface area contributed by atoms with Gasteiger partial charge in [0.2, 0.25) is 0 Å². The summed E-state index contributed by atoms with van der Waals surface area (Å²) in [6, 6.07) is 4.68. The van der Waals surface area contributed by atoms with E-state index in [0.717, 1.165) is 18.9 Å². The fourth-order valence-electron chi connectivity index (χ4n) is 3.45. The van der Waals surface area contributed by atoms with Crippen molar-refractivity contribution in [2.75, 3.05) is 18.5 Å². The maximum absolute atomic E-state index is 12.4. The second kappa shape index (κ2) is 18.2. The van der Waals surface area contributed by atoms with Crippen molar-refractivity contribution < 1.29 is 24.2 Å². The van der Waals surface area contributed by atoms with E-state index in [4.69, 9.17) is 26.2 Å². The van der Waals surface area contributed by atoms with Gasteiger partial charge in [0.1, 0.15) is 0 Å². The lowest BCUT2D eigenvalue weighted by Gasteiger charge is -2.13. The number of nitrogens with one attached hydrogen (secondary N) is 1. The number of carboxylic acids is 1. The Balaban J connectivity index is 2.29. The number of hydrogen-bond acceptors (Lipinski definition) is 5. The first-order chi connectivity index (χ1) is 16.0. The molecule has 0 aromatic heterocycles. The highest BCUT2D eigenvalue weighted by atomic mass is 35.5. The van der Waals surface area contributed by atoms with Gasteiger partial charge in [0, 0.05) is 0 Å². The Bertz CT molecular complexity index is 735. The first-order valence-electron chi connectivity index (χ1n) is 12.3. The Labute approximate surface area is 203 Å². The van der Waals surface area contributed by atoms with Crippen LogP contribution in [0, 0.1) is 0 Å². The van der Waals surface area contributed by atoms with Crippen molar-refractivity contribution in [3.05, 3.63) is 40.7 Å². The summed E-state index contributed by atoms with van der Waals surface area (Å²) in [5.74, 6) is -1.55. The van der Waals surface area contributed by atoms with Crippen LogP contribution < -0.4 is 5.32 Å². The largest absolute Gasteiger partial charge is 0.479 e. The molecule has 7 heteroatoms. The van der Waals surface area contributed by atoms with E-state index in [-0.39, 0.29) is 12.5 Å². The molecule has 0 unspecified atom stereocenters. The standard InChI is InChI=1S/C26H40ClNO5/c1-3-5-6-7-8-9-10-11-12-13-14-15-18-33-26(31)21-16-17-22(27)23(19-21)28-24(32-4-2)20-25(29)30/h16-17,19-20,28H,3-15,18H2,1-2H3,(H,29,30)/b24-20-. The van der Waals surface area contributed by atoms with Crippen LogP contribution in [0.4, 0.5) is 5.69 Å². The first kappa shape index (κ1) is 28.8. The summed E-state index contributed by atoms with van der Waals surface area (Å²) in [5.41, 5.74) is 0.712. The summed E-state index contributed by atoms with van der Waals surface area (Å²) in [4.78, 5) is 23.3. The Hall–Kier alpha value is -2.21. The molecule has 0 atom stereocenters. The smallest absolute Gasteiger partial charge is 0.338 e. The molecule has 0 radical (unpaired) electrons. The SMILES string of the molecule is CCCCCCCCCCCCCCOC(=O)c1ccc(Cl)c(N/C(=C/C(=O)O)OCC)c1. The monoisotopic (exact) mass is 481 g/mol. The van der Waals surface area contributed by atoms with Gasteiger partial charge in [-0.15, -0.1) is 0 Å². The Morgan fingerprint density at radius 2 is 1.48 bits per heavy atom. The molecule has 1 aromatic carbocycles. The summed E-state index contributed by atoms with van der Waals surface area (Å²) >= 11 is 6.17. The van der Waals surface area contributed by atoms with Gasteiger partial charge < -0.3 is 19.9 Å². The highest BCUT2D eigenvalue weighted by molar-refractivity contribution is 6.33. The minimum Gasteiger partial charge on any atom is -0.479 e. The van der Waals surface area contributed by atoms with Gasteiger partial charge in [0.25, 0.3) is 0 Å². The first-order valence-corrected chi connectivity index (χ1v) is 12.7. The van der Waals surface area contributed by atoms with Gasteiger partial charge in [-0.3, -0.25) is 0 Å². The zero-order chi connectivity index (χ0) is 24.3. The van der Waals surface area contributed by atoms with Crippen LogP contribution in [-0.2, 0) is 14.3 Å². The minimum absolute atomic E-state index is 0.0360. The third-order valence-corrected chi connectivity index (χ3v) is 5.57. The molecule has 0 aliphatic heterocycles. The number of benzene rings is 1. The maximum atomic E-state index is 12.4. The van der Waals surface area contributed by atoms with E-state index in [1.807, 2.05) is 0 Å². The summed E-state index contributed by atoms with van der Waals surface area (Å²) < 4.78 is 10.6. The van der Waals surface area contributed by atoms with Gasteiger partial charge in [0.15, 0.2) is 5.88 Å². The number of carbonyl (C=O) groups excluding carboxylic acids is 1. The van der Waals surface area contributed by atoms with Gasteiger partial charge in [-0.05, 0) is 31.5 Å². The predicted octanol–water partition coefficient (Wildman–Crippen LogP) is 7.57. The number of ether oxygens (including phenoxy) is 2. The number of esters is 1. The van der Waals surface area contributed by atoms with E-state index in [9.17, 15) is 9.59 Å². The highest BCUT2D eigenvalue weighted by Crippen LogP contribution is 2.25. The van der Waals surface area contributed by atoms with Crippen LogP contribution in [0.5, 0.6) is 0 Å². The van der Waals surface area contributed by atoms with Crippen molar-refractivity contribution in [1.82, 2.24) is 0 Å². The van der Waals surface area contributed by atoms with Gasteiger partial charge >= 0.3 is 11.9 Å². The average Bonchev–Trinajstić information content (AvgIpc) is 2.78. The van der Waals surface area contributed by atoms with Crippen LogP contribution in [0.25, 0.3) is 0 Å². The molecule has 186 valence electrons. The molecule has 0 saturated heterocycles. The van der Waals surface area contributed by atoms with E-state index >= 15 is 0 Å². The van der Waals surface area contributed by atoms with Crippen LogP contribution in [0.2, 0.25) is 5.02 Å². The Morgan fingerprint density at radius 3 is 2.03 bits per heavy atom.